The first-order valence-electron chi connectivity index (χ1n) is 9.22. The van der Waals surface area contributed by atoms with Gasteiger partial charge in [-0.15, -0.1) is 29.7 Å². The minimum atomic E-state index is -1.11. The number of hydrogen-bond acceptors (Lipinski definition) is 0. The Balaban J connectivity index is 0. The van der Waals surface area contributed by atoms with Gasteiger partial charge in [-0.1, -0.05) is 32.6 Å². The van der Waals surface area contributed by atoms with Crippen LogP contribution in [0.1, 0.15) is 19.4 Å². The molecule has 3 aromatic carbocycles. The van der Waals surface area contributed by atoms with Crippen molar-refractivity contribution < 1.29 is 49.0 Å². The standard InChI is InChI=1S/C9H7.C8H15Si.C8H8.2ClH.Zr/c1-2-5-9-7-3-6-8(9)4-1;1-6-8(7-2)9(3,4)5;1-2-8-6-4-3-5-7-8;;;/h1-7H;1,6-7H,2-5H3;3-7H,1H3;2*1H;/q2*-1;;;;+2/p-2/b;8-7-;;;;. The molecule has 0 bridgehead atoms. The van der Waals surface area contributed by atoms with Gasteiger partial charge in [-0.05, 0) is 8.07 Å². The van der Waals surface area contributed by atoms with Crippen LogP contribution in [0.3, 0.4) is 0 Å². The fourth-order valence-corrected chi connectivity index (χ4v) is 4.31. The molecular formula is C25H30Cl2SiZr-2. The Bertz CT molecular complexity index is 844. The number of allylic oxidation sites excluding steroid dienone is 3. The van der Waals surface area contributed by atoms with Crippen LogP contribution < -0.4 is 24.8 Å². The minimum absolute atomic E-state index is 0. The first-order chi connectivity index (χ1) is 12.8. The van der Waals surface area contributed by atoms with E-state index in [9.17, 15) is 0 Å². The Kier molecular flexibility index (Phi) is 16.6. The zero-order chi connectivity index (χ0) is 20.3. The summed E-state index contributed by atoms with van der Waals surface area (Å²) in [5.74, 6) is 0. The van der Waals surface area contributed by atoms with Crippen LogP contribution >= 0.6 is 0 Å². The van der Waals surface area contributed by atoms with Gasteiger partial charge in [0.05, 0.1) is 0 Å². The van der Waals surface area contributed by atoms with Crippen LogP contribution in [0.4, 0.5) is 0 Å². The molecule has 0 aliphatic rings. The molecular weight excluding hydrogens is 490 g/mol. The summed E-state index contributed by atoms with van der Waals surface area (Å²) in [6, 6.07) is 25.1. The van der Waals surface area contributed by atoms with Crippen molar-refractivity contribution in [2.24, 2.45) is 0 Å². The number of rotatable bonds is 3. The molecule has 0 saturated carbocycles. The molecule has 0 radical (unpaired) electrons. The molecule has 0 spiro atoms. The van der Waals surface area contributed by atoms with E-state index in [1.165, 1.54) is 49.0 Å². The van der Waals surface area contributed by atoms with E-state index in [4.69, 9.17) is 6.58 Å². The van der Waals surface area contributed by atoms with Gasteiger partial charge >= 0.3 is 70.3 Å². The molecule has 29 heavy (non-hydrogen) atoms. The van der Waals surface area contributed by atoms with Gasteiger partial charge < -0.3 is 24.8 Å². The minimum Gasteiger partial charge on any atom is -1.00 e. The van der Waals surface area contributed by atoms with Gasteiger partial charge in [-0.25, -0.2) is 11.3 Å². The summed E-state index contributed by atoms with van der Waals surface area (Å²) in [5, 5.41) is 4.00. The van der Waals surface area contributed by atoms with Crippen LogP contribution in [0.5, 0.6) is 0 Å². The predicted molar refractivity (Wildman–Crippen MR) is 122 cm³/mol. The van der Waals surface area contributed by atoms with E-state index >= 15 is 0 Å². The molecule has 0 nitrogen and oxygen atoms in total. The van der Waals surface area contributed by atoms with Gasteiger partial charge in [-0.3, -0.25) is 6.58 Å². The van der Waals surface area contributed by atoms with E-state index in [1.807, 2.05) is 13.0 Å². The Morgan fingerprint density at radius 2 is 1.48 bits per heavy atom. The van der Waals surface area contributed by atoms with Crippen LogP contribution in [-0.4, -0.2) is 11.3 Å². The van der Waals surface area contributed by atoms with Gasteiger partial charge in [0, 0.05) is 0 Å². The van der Waals surface area contributed by atoms with E-state index in [2.05, 4.69) is 99.4 Å². The smallest absolute Gasteiger partial charge is 0.0114 e. The van der Waals surface area contributed by atoms with Gasteiger partial charge in [0.15, 0.2) is 0 Å². The predicted octanol–water partition coefficient (Wildman–Crippen LogP) is 1.14. The van der Waals surface area contributed by atoms with E-state index in [0.29, 0.717) is 0 Å². The van der Waals surface area contributed by atoms with Gasteiger partial charge in [0.2, 0.25) is 0 Å². The van der Waals surface area contributed by atoms with Crippen LogP contribution in [0, 0.1) is 6.58 Å². The number of fused-ring (bicyclic) bond motifs is 1. The summed E-state index contributed by atoms with van der Waals surface area (Å²) in [6.07, 6.45) is 3.83. The van der Waals surface area contributed by atoms with Gasteiger partial charge in [0.25, 0.3) is 0 Å². The van der Waals surface area contributed by atoms with Crippen molar-refractivity contribution in [2.75, 3.05) is 0 Å². The second-order valence-corrected chi connectivity index (χ2v) is 14.2. The molecule has 3 aromatic rings. The zero-order valence-electron chi connectivity index (χ0n) is 17.9. The van der Waals surface area contributed by atoms with E-state index in [-0.39, 0.29) is 24.8 Å². The van der Waals surface area contributed by atoms with E-state index in [0.717, 1.165) is 0 Å². The molecule has 0 heterocycles. The molecule has 3 rings (SSSR count). The zero-order valence-corrected chi connectivity index (χ0v) is 22.9. The monoisotopic (exact) mass is 518 g/mol. The van der Waals surface area contributed by atoms with Crippen molar-refractivity contribution in [3.05, 3.63) is 102 Å². The van der Waals surface area contributed by atoms with Crippen molar-refractivity contribution >= 4 is 22.1 Å². The van der Waals surface area contributed by atoms with Crippen LogP contribution in [0.25, 0.3) is 10.8 Å². The molecule has 0 amide bonds. The third-order valence-corrected chi connectivity index (χ3v) is 7.01. The maximum absolute atomic E-state index is 5.41. The van der Waals surface area contributed by atoms with Crippen LogP contribution in [0.2, 0.25) is 19.6 Å². The second-order valence-electron chi connectivity index (χ2n) is 7.31. The van der Waals surface area contributed by atoms with Crippen molar-refractivity contribution in [3.63, 3.8) is 0 Å². The molecule has 154 valence electrons. The fourth-order valence-electron chi connectivity index (χ4n) is 2.54. The summed E-state index contributed by atoms with van der Waals surface area (Å²) < 4.78 is 1.46. The van der Waals surface area contributed by atoms with Gasteiger partial charge in [-0.2, -0.15) is 23.6 Å². The Hall–Kier alpha value is -0.920. The van der Waals surface area contributed by atoms with Crippen molar-refractivity contribution in [2.45, 2.75) is 33.5 Å². The molecule has 0 aliphatic heterocycles. The first kappa shape index (κ1) is 30.3. The SMILES string of the molecule is C[C](=[Zr+2])c1ccccc1.[CH-]=C/C(=C/C)[Si](C)(C)C.[Cl-].[Cl-].c1ccc2[cH-]ccc2c1. The summed E-state index contributed by atoms with van der Waals surface area (Å²) >= 11 is 1.51. The van der Waals surface area contributed by atoms with Crippen LogP contribution in [0.15, 0.2) is 90.1 Å². The normalized spacial score (nSPS) is 10.2. The molecule has 0 fully saturated rings. The van der Waals surface area contributed by atoms with Crippen molar-refractivity contribution in [1.29, 1.82) is 0 Å². The summed E-state index contributed by atoms with van der Waals surface area (Å²) in [7, 11) is -1.11. The van der Waals surface area contributed by atoms with Crippen molar-refractivity contribution in [1.82, 2.24) is 0 Å². The quantitative estimate of drug-likeness (QED) is 0.276. The molecule has 0 N–H and O–H groups in total. The maximum Gasteiger partial charge on any atom is -0.0114 e. The molecule has 0 aliphatic carbocycles. The molecule has 4 heteroatoms. The Morgan fingerprint density at radius 1 is 0.931 bits per heavy atom. The fraction of sp³-hybridized carbons (Fsp3) is 0.200. The average molecular weight is 521 g/mol. The molecule has 0 saturated heterocycles. The Morgan fingerprint density at radius 3 is 1.86 bits per heavy atom. The topological polar surface area (TPSA) is 0 Å². The summed E-state index contributed by atoms with van der Waals surface area (Å²) in [4.78, 5) is 0. The molecule has 0 aromatic heterocycles. The third kappa shape index (κ3) is 11.7. The molecule has 0 atom stereocenters. The van der Waals surface area contributed by atoms with E-state index < -0.39 is 8.07 Å². The Labute approximate surface area is 205 Å². The second kappa shape index (κ2) is 15.9. The largest absolute Gasteiger partial charge is 1.00 e. The van der Waals surface area contributed by atoms with E-state index in [1.54, 1.807) is 6.08 Å². The first-order valence-corrected chi connectivity index (χ1v) is 13.9. The maximum atomic E-state index is 5.41. The summed E-state index contributed by atoms with van der Waals surface area (Å²) in [5.41, 5.74) is 1.37. The molecule has 0 unspecified atom stereocenters. The van der Waals surface area contributed by atoms with Crippen LogP contribution in [-0.2, 0) is 24.2 Å². The number of benzene rings is 2. The average Bonchev–Trinajstić information content (AvgIpc) is 3.12. The van der Waals surface area contributed by atoms with Crippen molar-refractivity contribution in [3.8, 4) is 0 Å². The third-order valence-electron chi connectivity index (χ3n) is 4.11. The van der Waals surface area contributed by atoms with Gasteiger partial charge in [0.1, 0.15) is 0 Å². The summed E-state index contributed by atoms with van der Waals surface area (Å²) in [6.45, 7) is 16.5. The number of hydrogen-bond donors (Lipinski definition) is 0. The number of halogens is 2.